The lowest BCUT2D eigenvalue weighted by Crippen LogP contribution is -2.15. The Labute approximate surface area is 199 Å². The average Bonchev–Trinajstić information content (AvgIpc) is 2.82. The lowest BCUT2D eigenvalue weighted by Gasteiger charge is -2.25. The predicted octanol–water partition coefficient (Wildman–Crippen LogP) is 5.17. The molecule has 0 amide bonds. The molecule has 0 bridgehead atoms. The third-order valence-corrected chi connectivity index (χ3v) is 5.09. The van der Waals surface area contributed by atoms with Crippen molar-refractivity contribution < 1.29 is 33.3 Å². The smallest absolute Gasteiger partial charge is 0.308 e. The highest BCUT2D eigenvalue weighted by atomic mass is 16.6. The molecule has 3 rings (SSSR count). The second kappa shape index (κ2) is 11.2. The zero-order chi connectivity index (χ0) is 24.7. The van der Waals surface area contributed by atoms with Gasteiger partial charge in [-0.1, -0.05) is 42.5 Å². The minimum atomic E-state index is -0.852. The van der Waals surface area contributed by atoms with Crippen LogP contribution in [0.25, 0.3) is 0 Å². The van der Waals surface area contributed by atoms with E-state index >= 15 is 0 Å². The first-order chi connectivity index (χ1) is 16.3. The molecule has 7 nitrogen and oxygen atoms in total. The largest absolute Gasteiger partial charge is 0.493 e. The van der Waals surface area contributed by atoms with Crippen LogP contribution in [0.5, 0.6) is 23.0 Å². The van der Waals surface area contributed by atoms with Gasteiger partial charge in [-0.3, -0.25) is 9.59 Å². The maximum absolute atomic E-state index is 12.0. The minimum Gasteiger partial charge on any atom is -0.493 e. The zero-order valence-electron chi connectivity index (χ0n) is 19.9. The summed E-state index contributed by atoms with van der Waals surface area (Å²) in [5, 5.41) is 0. The zero-order valence-corrected chi connectivity index (χ0v) is 19.9. The Balaban J connectivity index is 2.01. The van der Waals surface area contributed by atoms with Crippen LogP contribution in [0.3, 0.4) is 0 Å². The van der Waals surface area contributed by atoms with Crippen molar-refractivity contribution in [1.29, 1.82) is 0 Å². The molecule has 3 aromatic rings. The molecule has 1 unspecified atom stereocenters. The van der Waals surface area contributed by atoms with Gasteiger partial charge >= 0.3 is 11.9 Å². The molecule has 0 saturated heterocycles. The third kappa shape index (κ3) is 5.86. The molecular weight excluding hydrogens is 436 g/mol. The highest BCUT2D eigenvalue weighted by molar-refractivity contribution is 5.74. The van der Waals surface area contributed by atoms with Gasteiger partial charge in [0.05, 0.1) is 14.2 Å². The van der Waals surface area contributed by atoms with E-state index in [-0.39, 0.29) is 11.5 Å². The lowest BCUT2D eigenvalue weighted by molar-refractivity contribution is -0.144. The number of hydrogen-bond acceptors (Lipinski definition) is 7. The quantitative estimate of drug-likeness (QED) is 0.319. The van der Waals surface area contributed by atoms with Gasteiger partial charge in [0.15, 0.2) is 17.6 Å². The molecule has 178 valence electrons. The van der Waals surface area contributed by atoms with Crippen LogP contribution in [-0.2, 0) is 20.9 Å². The molecule has 0 heterocycles. The van der Waals surface area contributed by atoms with E-state index in [1.54, 1.807) is 18.2 Å². The molecule has 0 spiro atoms. The number of ether oxygens (including phenoxy) is 5. The van der Waals surface area contributed by atoms with Gasteiger partial charge in [0.25, 0.3) is 0 Å². The van der Waals surface area contributed by atoms with E-state index in [0.717, 1.165) is 5.56 Å². The molecule has 0 aliphatic carbocycles. The van der Waals surface area contributed by atoms with Crippen LogP contribution in [0, 0.1) is 6.92 Å². The number of esters is 2. The molecular formula is C27H28O7. The molecule has 0 N–H and O–H groups in total. The van der Waals surface area contributed by atoms with Crippen molar-refractivity contribution >= 4 is 11.9 Å². The van der Waals surface area contributed by atoms with Gasteiger partial charge in [0.1, 0.15) is 12.4 Å². The van der Waals surface area contributed by atoms with E-state index < -0.39 is 18.0 Å². The van der Waals surface area contributed by atoms with Crippen molar-refractivity contribution in [3.63, 3.8) is 0 Å². The maximum Gasteiger partial charge on any atom is 0.308 e. The Morgan fingerprint density at radius 1 is 0.853 bits per heavy atom. The standard InChI is InChI=1S/C27H28O7/c1-17-15-23(30-4)26(31-5)27(34-19(3)29)24(17)25(33-18(2)28)21-11-13-22(14-12-21)32-16-20-9-7-6-8-10-20/h6-15,25H,16H2,1-5H3. The minimum absolute atomic E-state index is 0.141. The van der Waals surface area contributed by atoms with Crippen molar-refractivity contribution in [2.75, 3.05) is 14.2 Å². The molecule has 7 heteroatoms. The van der Waals surface area contributed by atoms with Crippen molar-refractivity contribution in [3.05, 3.63) is 82.9 Å². The number of methoxy groups -OCH3 is 2. The molecule has 0 aromatic heterocycles. The Morgan fingerprint density at radius 3 is 2.09 bits per heavy atom. The highest BCUT2D eigenvalue weighted by Gasteiger charge is 2.29. The Bertz CT molecular complexity index is 1140. The number of aryl methyl sites for hydroxylation is 1. The average molecular weight is 465 g/mol. The highest BCUT2D eigenvalue weighted by Crippen LogP contribution is 2.47. The van der Waals surface area contributed by atoms with E-state index in [0.29, 0.717) is 34.8 Å². The van der Waals surface area contributed by atoms with Gasteiger partial charge in [0, 0.05) is 19.4 Å². The number of benzene rings is 3. The van der Waals surface area contributed by atoms with Gasteiger partial charge in [-0.25, -0.2) is 0 Å². The van der Waals surface area contributed by atoms with Gasteiger partial charge in [0.2, 0.25) is 5.75 Å². The van der Waals surface area contributed by atoms with Crippen molar-refractivity contribution in [2.45, 2.75) is 33.5 Å². The number of carbonyl (C=O) groups excluding carboxylic acids is 2. The van der Waals surface area contributed by atoms with Gasteiger partial charge in [-0.15, -0.1) is 0 Å². The monoisotopic (exact) mass is 464 g/mol. The summed E-state index contributed by atoms with van der Waals surface area (Å²) in [6, 6.07) is 18.8. The summed E-state index contributed by atoms with van der Waals surface area (Å²) in [6.45, 7) is 4.86. The van der Waals surface area contributed by atoms with Crippen LogP contribution in [0.1, 0.15) is 42.2 Å². The fourth-order valence-corrected chi connectivity index (χ4v) is 3.61. The number of hydrogen-bond donors (Lipinski definition) is 0. The predicted molar refractivity (Wildman–Crippen MR) is 126 cm³/mol. The van der Waals surface area contributed by atoms with E-state index in [9.17, 15) is 9.59 Å². The molecule has 34 heavy (non-hydrogen) atoms. The van der Waals surface area contributed by atoms with Crippen molar-refractivity contribution in [1.82, 2.24) is 0 Å². The van der Waals surface area contributed by atoms with Gasteiger partial charge < -0.3 is 23.7 Å². The Kier molecular flexibility index (Phi) is 8.14. The molecule has 1 atom stereocenters. The maximum atomic E-state index is 12.0. The first-order valence-corrected chi connectivity index (χ1v) is 10.7. The van der Waals surface area contributed by atoms with Gasteiger partial charge in [-0.05, 0) is 41.8 Å². The van der Waals surface area contributed by atoms with Crippen LogP contribution in [0.15, 0.2) is 60.7 Å². The van der Waals surface area contributed by atoms with E-state index in [1.807, 2.05) is 49.4 Å². The molecule has 0 radical (unpaired) electrons. The number of rotatable bonds is 9. The summed E-state index contributed by atoms with van der Waals surface area (Å²) in [6.07, 6.45) is -0.852. The van der Waals surface area contributed by atoms with Crippen LogP contribution >= 0.6 is 0 Å². The number of carbonyl (C=O) groups is 2. The summed E-state index contributed by atoms with van der Waals surface area (Å²) in [4.78, 5) is 24.0. The first kappa shape index (κ1) is 24.6. The SMILES string of the molecule is COc1cc(C)c(C(OC(C)=O)c2ccc(OCc3ccccc3)cc2)c(OC(C)=O)c1OC. The van der Waals surface area contributed by atoms with Crippen LogP contribution in [-0.4, -0.2) is 26.2 Å². The second-order valence-electron chi connectivity index (χ2n) is 7.60. The van der Waals surface area contributed by atoms with Crippen molar-refractivity contribution in [2.24, 2.45) is 0 Å². The summed E-state index contributed by atoms with van der Waals surface area (Å²) in [7, 11) is 2.94. The summed E-state index contributed by atoms with van der Waals surface area (Å²) >= 11 is 0. The summed E-state index contributed by atoms with van der Waals surface area (Å²) in [5.74, 6) is 0.404. The fraction of sp³-hybridized carbons (Fsp3) is 0.259. The molecule has 0 aliphatic heterocycles. The van der Waals surface area contributed by atoms with Crippen LogP contribution in [0.2, 0.25) is 0 Å². The normalized spacial score (nSPS) is 11.3. The third-order valence-electron chi connectivity index (χ3n) is 5.09. The lowest BCUT2D eigenvalue weighted by atomic mass is 9.95. The molecule has 0 saturated carbocycles. The first-order valence-electron chi connectivity index (χ1n) is 10.7. The Morgan fingerprint density at radius 2 is 1.53 bits per heavy atom. The topological polar surface area (TPSA) is 80.3 Å². The Hall–Kier alpha value is -4.00. The van der Waals surface area contributed by atoms with E-state index in [2.05, 4.69) is 0 Å². The summed E-state index contributed by atoms with van der Waals surface area (Å²) < 4.78 is 28.0. The molecule has 0 fully saturated rings. The van der Waals surface area contributed by atoms with Gasteiger partial charge in [-0.2, -0.15) is 0 Å². The molecule has 0 aliphatic rings. The fourth-order valence-electron chi connectivity index (χ4n) is 3.61. The van der Waals surface area contributed by atoms with E-state index in [1.165, 1.54) is 28.1 Å². The van der Waals surface area contributed by atoms with E-state index in [4.69, 9.17) is 23.7 Å². The van der Waals surface area contributed by atoms with Crippen LogP contribution < -0.4 is 18.9 Å². The van der Waals surface area contributed by atoms with Crippen molar-refractivity contribution in [3.8, 4) is 23.0 Å². The summed E-state index contributed by atoms with van der Waals surface area (Å²) in [5.41, 5.74) is 2.91. The molecule has 3 aromatic carbocycles. The van der Waals surface area contributed by atoms with Crippen LogP contribution in [0.4, 0.5) is 0 Å². The second-order valence-corrected chi connectivity index (χ2v) is 7.60.